The number of nitrogens with one attached hydrogen (secondary N) is 1. The van der Waals surface area contributed by atoms with Crippen LogP contribution in [0.1, 0.15) is 5.69 Å². The molecule has 0 aromatic carbocycles. The van der Waals surface area contributed by atoms with Crippen LogP contribution in [0.5, 0.6) is 0 Å². The number of rotatable bonds is 2. The van der Waals surface area contributed by atoms with Gasteiger partial charge in [-0.3, -0.25) is 14.2 Å². The molecule has 1 aromatic rings. The zero-order valence-electron chi connectivity index (χ0n) is 9.85. The lowest BCUT2D eigenvalue weighted by Gasteiger charge is -2.27. The van der Waals surface area contributed by atoms with E-state index in [0.29, 0.717) is 18.8 Å². The fourth-order valence-corrected chi connectivity index (χ4v) is 1.80. The first-order valence-corrected chi connectivity index (χ1v) is 5.68. The molecule has 0 spiro atoms. The number of aromatic nitrogens is 2. The molecule has 1 amide bonds. The second-order valence-electron chi connectivity index (χ2n) is 4.13. The zero-order chi connectivity index (χ0) is 12.3. The molecule has 6 nitrogen and oxygen atoms in total. The minimum Gasteiger partial charge on any atom is -0.339 e. The number of hydrogen-bond acceptors (Lipinski definition) is 4. The van der Waals surface area contributed by atoms with E-state index in [0.717, 1.165) is 13.1 Å². The van der Waals surface area contributed by atoms with Gasteiger partial charge in [-0.25, -0.2) is 4.98 Å². The Kier molecular flexibility index (Phi) is 3.53. The number of carbonyl (C=O) groups is 1. The molecule has 0 aliphatic carbocycles. The van der Waals surface area contributed by atoms with Crippen LogP contribution in [0.25, 0.3) is 0 Å². The molecule has 92 valence electrons. The summed E-state index contributed by atoms with van der Waals surface area (Å²) >= 11 is 0. The molecule has 0 unspecified atom stereocenters. The molecule has 1 aliphatic rings. The molecule has 1 fully saturated rings. The normalized spacial score (nSPS) is 15.9. The fourth-order valence-electron chi connectivity index (χ4n) is 1.80. The van der Waals surface area contributed by atoms with E-state index in [4.69, 9.17) is 0 Å². The van der Waals surface area contributed by atoms with Gasteiger partial charge in [0, 0.05) is 37.9 Å². The summed E-state index contributed by atoms with van der Waals surface area (Å²) in [5.41, 5.74) is 0.488. The molecule has 1 aliphatic heterocycles. The maximum absolute atomic E-state index is 11.9. The molecule has 1 saturated heterocycles. The monoisotopic (exact) mass is 236 g/mol. The lowest BCUT2D eigenvalue weighted by molar-refractivity contribution is -0.132. The smallest absolute Gasteiger partial charge is 0.253 e. The van der Waals surface area contributed by atoms with Gasteiger partial charge in [-0.1, -0.05) is 0 Å². The van der Waals surface area contributed by atoms with Gasteiger partial charge in [0.2, 0.25) is 5.91 Å². The molecule has 17 heavy (non-hydrogen) atoms. The second-order valence-corrected chi connectivity index (χ2v) is 4.13. The van der Waals surface area contributed by atoms with Gasteiger partial charge in [-0.15, -0.1) is 0 Å². The predicted molar refractivity (Wildman–Crippen MR) is 62.7 cm³/mol. The highest BCUT2D eigenvalue weighted by Gasteiger charge is 2.16. The Hall–Kier alpha value is -1.69. The number of aryl methyl sites for hydroxylation is 1. The van der Waals surface area contributed by atoms with Crippen molar-refractivity contribution in [1.82, 2.24) is 19.8 Å². The van der Waals surface area contributed by atoms with Crippen LogP contribution in [0, 0.1) is 6.92 Å². The molecular weight excluding hydrogens is 220 g/mol. The van der Waals surface area contributed by atoms with Crippen molar-refractivity contribution in [1.29, 1.82) is 0 Å². The molecule has 0 atom stereocenters. The Morgan fingerprint density at radius 3 is 2.82 bits per heavy atom. The summed E-state index contributed by atoms with van der Waals surface area (Å²) in [5.74, 6) is -0.0285. The van der Waals surface area contributed by atoms with Gasteiger partial charge in [0.1, 0.15) is 6.54 Å². The minimum absolute atomic E-state index is 0.0285. The lowest BCUT2D eigenvalue weighted by atomic mass is 10.3. The van der Waals surface area contributed by atoms with Crippen LogP contribution < -0.4 is 10.9 Å². The lowest BCUT2D eigenvalue weighted by Crippen LogP contribution is -2.48. The third-order valence-electron chi connectivity index (χ3n) is 2.79. The van der Waals surface area contributed by atoms with Crippen molar-refractivity contribution in [2.45, 2.75) is 13.5 Å². The van der Waals surface area contributed by atoms with E-state index < -0.39 is 0 Å². The standard InChI is InChI=1S/C11H16N4O2/c1-9-6-10(16)15(8-13-9)7-11(17)14-4-2-12-3-5-14/h6,8,12H,2-5,7H2,1H3. The summed E-state index contributed by atoms with van der Waals surface area (Å²) in [6.07, 6.45) is 1.43. The summed E-state index contributed by atoms with van der Waals surface area (Å²) in [5, 5.41) is 3.18. The maximum atomic E-state index is 11.9. The summed E-state index contributed by atoms with van der Waals surface area (Å²) < 4.78 is 1.34. The van der Waals surface area contributed by atoms with Gasteiger partial charge in [0.15, 0.2) is 0 Å². The molecule has 6 heteroatoms. The molecule has 2 heterocycles. The van der Waals surface area contributed by atoms with E-state index in [9.17, 15) is 9.59 Å². The zero-order valence-corrected chi connectivity index (χ0v) is 9.85. The van der Waals surface area contributed by atoms with E-state index >= 15 is 0 Å². The first kappa shape index (κ1) is 11.8. The maximum Gasteiger partial charge on any atom is 0.253 e. The summed E-state index contributed by atoms with van der Waals surface area (Å²) in [4.78, 5) is 29.3. The number of piperazine rings is 1. The van der Waals surface area contributed by atoms with Crippen LogP contribution in [-0.2, 0) is 11.3 Å². The molecule has 2 rings (SSSR count). The van der Waals surface area contributed by atoms with Gasteiger partial charge < -0.3 is 10.2 Å². The van der Waals surface area contributed by atoms with Gasteiger partial charge in [-0.05, 0) is 6.92 Å². The highest BCUT2D eigenvalue weighted by molar-refractivity contribution is 5.76. The molecule has 1 aromatic heterocycles. The SMILES string of the molecule is Cc1cc(=O)n(CC(=O)N2CCNCC2)cn1. The molecule has 1 N–H and O–H groups in total. The largest absolute Gasteiger partial charge is 0.339 e. The average Bonchev–Trinajstić information content (AvgIpc) is 2.34. The van der Waals surface area contributed by atoms with E-state index in [1.165, 1.54) is 17.0 Å². The second kappa shape index (κ2) is 5.09. The number of carbonyl (C=O) groups excluding carboxylic acids is 1. The molecule has 0 saturated carbocycles. The van der Waals surface area contributed by atoms with Crippen molar-refractivity contribution in [3.8, 4) is 0 Å². The van der Waals surface area contributed by atoms with Gasteiger partial charge in [-0.2, -0.15) is 0 Å². The summed E-state index contributed by atoms with van der Waals surface area (Å²) in [6, 6.07) is 1.44. The number of hydrogen-bond donors (Lipinski definition) is 1. The predicted octanol–water partition coefficient (Wildman–Crippen LogP) is -1.02. The first-order chi connectivity index (χ1) is 8.16. The third-order valence-corrected chi connectivity index (χ3v) is 2.79. The van der Waals surface area contributed by atoms with E-state index in [2.05, 4.69) is 10.3 Å². The summed E-state index contributed by atoms with van der Waals surface area (Å²) in [6.45, 7) is 4.86. The Balaban J connectivity index is 2.04. The fraction of sp³-hybridized carbons (Fsp3) is 0.545. The van der Waals surface area contributed by atoms with Crippen LogP contribution in [0.2, 0.25) is 0 Å². The van der Waals surface area contributed by atoms with Gasteiger partial charge >= 0.3 is 0 Å². The van der Waals surface area contributed by atoms with Gasteiger partial charge in [0.25, 0.3) is 5.56 Å². The van der Waals surface area contributed by atoms with Crippen molar-refractivity contribution in [3.63, 3.8) is 0 Å². The van der Waals surface area contributed by atoms with Gasteiger partial charge in [0.05, 0.1) is 6.33 Å². The highest BCUT2D eigenvalue weighted by atomic mass is 16.2. The van der Waals surface area contributed by atoms with Crippen LogP contribution in [-0.4, -0.2) is 46.5 Å². The van der Waals surface area contributed by atoms with Crippen molar-refractivity contribution in [3.05, 3.63) is 28.4 Å². The van der Waals surface area contributed by atoms with E-state index in [1.54, 1.807) is 11.8 Å². The summed E-state index contributed by atoms with van der Waals surface area (Å²) in [7, 11) is 0. The van der Waals surface area contributed by atoms with E-state index in [1.807, 2.05) is 0 Å². The van der Waals surface area contributed by atoms with Crippen LogP contribution in [0.3, 0.4) is 0 Å². The topological polar surface area (TPSA) is 67.2 Å². The van der Waals surface area contributed by atoms with Crippen LogP contribution >= 0.6 is 0 Å². The highest BCUT2D eigenvalue weighted by Crippen LogP contribution is 1.95. The Morgan fingerprint density at radius 2 is 2.18 bits per heavy atom. The Morgan fingerprint density at radius 1 is 1.47 bits per heavy atom. The minimum atomic E-state index is -0.180. The average molecular weight is 236 g/mol. The van der Waals surface area contributed by atoms with Crippen LogP contribution in [0.4, 0.5) is 0 Å². The van der Waals surface area contributed by atoms with Crippen molar-refractivity contribution in [2.24, 2.45) is 0 Å². The number of nitrogens with zero attached hydrogens (tertiary/aromatic N) is 3. The third kappa shape index (κ3) is 2.91. The van der Waals surface area contributed by atoms with Crippen LogP contribution in [0.15, 0.2) is 17.2 Å². The Labute approximate surface area is 99.3 Å². The van der Waals surface area contributed by atoms with Crippen molar-refractivity contribution in [2.75, 3.05) is 26.2 Å². The van der Waals surface area contributed by atoms with Crippen molar-refractivity contribution >= 4 is 5.91 Å². The quantitative estimate of drug-likeness (QED) is 0.714. The molecule has 0 radical (unpaired) electrons. The van der Waals surface area contributed by atoms with E-state index in [-0.39, 0.29) is 18.0 Å². The molecular formula is C11H16N4O2. The molecule has 0 bridgehead atoms. The first-order valence-electron chi connectivity index (χ1n) is 5.68. The Bertz CT molecular complexity index is 463. The van der Waals surface area contributed by atoms with Crippen molar-refractivity contribution < 1.29 is 4.79 Å². The number of amides is 1.